The lowest BCUT2D eigenvalue weighted by Gasteiger charge is -2.27. The highest BCUT2D eigenvalue weighted by atomic mass is 16.5. The van der Waals surface area contributed by atoms with Crippen molar-refractivity contribution in [3.8, 4) is 5.75 Å². The van der Waals surface area contributed by atoms with E-state index in [1.54, 1.807) is 25.3 Å². The topological polar surface area (TPSA) is 55.6 Å². The fraction of sp³-hybridized carbons (Fsp3) is 0.533. The summed E-state index contributed by atoms with van der Waals surface area (Å²) in [6.45, 7) is 4.91. The van der Waals surface area contributed by atoms with E-state index in [1.165, 1.54) is 12.8 Å². The number of anilines is 1. The van der Waals surface area contributed by atoms with E-state index < -0.39 is 0 Å². The van der Waals surface area contributed by atoms with Crippen LogP contribution in [0.1, 0.15) is 37.0 Å². The number of hydrogen-bond donors (Lipinski definition) is 1. The summed E-state index contributed by atoms with van der Waals surface area (Å²) in [6.07, 6.45) is 2.45. The van der Waals surface area contributed by atoms with E-state index in [4.69, 9.17) is 10.5 Å². The molecule has 0 radical (unpaired) electrons. The number of carbonyl (C=O) groups excluding carboxylic acids is 1. The van der Waals surface area contributed by atoms with Crippen LogP contribution in [0.25, 0.3) is 0 Å². The first-order chi connectivity index (χ1) is 9.02. The van der Waals surface area contributed by atoms with Crippen LogP contribution in [-0.4, -0.2) is 30.5 Å². The van der Waals surface area contributed by atoms with Gasteiger partial charge in [-0.3, -0.25) is 4.79 Å². The van der Waals surface area contributed by atoms with Crippen molar-refractivity contribution in [2.75, 3.05) is 19.4 Å². The first kappa shape index (κ1) is 13.7. The average Bonchev–Trinajstić information content (AvgIpc) is 3.18. The highest BCUT2D eigenvalue weighted by Gasteiger charge is 2.29. The van der Waals surface area contributed by atoms with Crippen LogP contribution in [0.5, 0.6) is 5.75 Å². The number of nitrogen functional groups attached to an aromatic ring is 1. The van der Waals surface area contributed by atoms with Gasteiger partial charge in [0.05, 0.1) is 12.7 Å². The van der Waals surface area contributed by atoms with Crippen molar-refractivity contribution < 1.29 is 9.53 Å². The summed E-state index contributed by atoms with van der Waals surface area (Å²) in [5, 5.41) is 0. The molecule has 1 aromatic rings. The molecule has 0 unspecified atom stereocenters. The van der Waals surface area contributed by atoms with E-state index >= 15 is 0 Å². The maximum absolute atomic E-state index is 12.7. The second kappa shape index (κ2) is 5.51. The number of amides is 1. The zero-order valence-electron chi connectivity index (χ0n) is 11.8. The Morgan fingerprint density at radius 2 is 2.16 bits per heavy atom. The third-order valence-electron chi connectivity index (χ3n) is 3.49. The Balaban J connectivity index is 2.26. The quantitative estimate of drug-likeness (QED) is 0.830. The van der Waals surface area contributed by atoms with Gasteiger partial charge in [-0.1, -0.05) is 0 Å². The molecule has 1 amide bonds. The lowest BCUT2D eigenvalue weighted by Crippen LogP contribution is -2.38. The van der Waals surface area contributed by atoms with Gasteiger partial charge in [0.15, 0.2) is 0 Å². The number of ether oxygens (including phenoxy) is 1. The molecule has 0 bridgehead atoms. The Morgan fingerprint density at radius 3 is 2.68 bits per heavy atom. The average molecular weight is 262 g/mol. The van der Waals surface area contributed by atoms with Crippen LogP contribution in [0.2, 0.25) is 0 Å². The molecule has 104 valence electrons. The van der Waals surface area contributed by atoms with Gasteiger partial charge in [-0.15, -0.1) is 0 Å². The Kier molecular flexibility index (Phi) is 3.98. The van der Waals surface area contributed by atoms with Crippen molar-refractivity contribution in [2.45, 2.75) is 32.7 Å². The SMILES string of the molecule is COc1ccc(N)cc1C(=O)N(CC1CC1)C(C)C. The molecule has 19 heavy (non-hydrogen) atoms. The minimum atomic E-state index is 0.00560. The number of carbonyl (C=O) groups is 1. The van der Waals surface area contributed by atoms with Gasteiger partial charge in [0.1, 0.15) is 5.75 Å². The van der Waals surface area contributed by atoms with E-state index in [0.29, 0.717) is 22.9 Å². The van der Waals surface area contributed by atoms with E-state index in [0.717, 1.165) is 6.54 Å². The number of hydrogen-bond acceptors (Lipinski definition) is 3. The van der Waals surface area contributed by atoms with Gasteiger partial charge in [0.25, 0.3) is 5.91 Å². The summed E-state index contributed by atoms with van der Waals surface area (Å²) in [4.78, 5) is 14.6. The first-order valence-electron chi connectivity index (χ1n) is 6.77. The summed E-state index contributed by atoms with van der Waals surface area (Å²) in [5.41, 5.74) is 6.92. The lowest BCUT2D eigenvalue weighted by molar-refractivity contribution is 0.0693. The summed E-state index contributed by atoms with van der Waals surface area (Å²) in [7, 11) is 1.57. The van der Waals surface area contributed by atoms with Crippen molar-refractivity contribution in [3.63, 3.8) is 0 Å². The number of rotatable bonds is 5. The third kappa shape index (κ3) is 3.19. The van der Waals surface area contributed by atoms with E-state index in [-0.39, 0.29) is 11.9 Å². The van der Waals surface area contributed by atoms with Gasteiger partial charge in [-0.2, -0.15) is 0 Å². The molecule has 0 heterocycles. The fourth-order valence-electron chi connectivity index (χ4n) is 2.15. The summed E-state index contributed by atoms with van der Waals surface area (Å²) in [6, 6.07) is 5.37. The van der Waals surface area contributed by atoms with Crippen LogP contribution < -0.4 is 10.5 Å². The van der Waals surface area contributed by atoms with Crippen LogP contribution >= 0.6 is 0 Å². The van der Waals surface area contributed by atoms with Crippen LogP contribution in [0.15, 0.2) is 18.2 Å². The molecule has 1 aliphatic rings. The molecule has 0 atom stereocenters. The van der Waals surface area contributed by atoms with Crippen LogP contribution in [0.4, 0.5) is 5.69 Å². The monoisotopic (exact) mass is 262 g/mol. The van der Waals surface area contributed by atoms with Crippen molar-refractivity contribution >= 4 is 11.6 Å². The molecular formula is C15H22N2O2. The minimum Gasteiger partial charge on any atom is -0.496 e. The van der Waals surface area contributed by atoms with Gasteiger partial charge in [0.2, 0.25) is 0 Å². The van der Waals surface area contributed by atoms with Crippen molar-refractivity contribution in [3.05, 3.63) is 23.8 Å². The van der Waals surface area contributed by atoms with E-state index in [9.17, 15) is 4.79 Å². The number of nitrogens with zero attached hydrogens (tertiary/aromatic N) is 1. The second-order valence-electron chi connectivity index (χ2n) is 5.45. The van der Waals surface area contributed by atoms with Crippen molar-refractivity contribution in [1.29, 1.82) is 0 Å². The number of benzene rings is 1. The Labute approximate surface area is 114 Å². The molecule has 1 aliphatic carbocycles. The molecule has 0 aliphatic heterocycles. The van der Waals surface area contributed by atoms with Crippen molar-refractivity contribution in [1.82, 2.24) is 4.90 Å². The van der Waals surface area contributed by atoms with Crippen LogP contribution in [0, 0.1) is 5.92 Å². The molecule has 2 rings (SSSR count). The Morgan fingerprint density at radius 1 is 1.47 bits per heavy atom. The predicted molar refractivity (Wildman–Crippen MR) is 76.3 cm³/mol. The standard InChI is InChI=1S/C15H22N2O2/c1-10(2)17(9-11-4-5-11)15(18)13-8-12(16)6-7-14(13)19-3/h6-8,10-11H,4-5,9,16H2,1-3H3. The number of nitrogens with two attached hydrogens (primary N) is 1. The normalized spacial score (nSPS) is 14.5. The minimum absolute atomic E-state index is 0.00560. The molecule has 1 fully saturated rings. The van der Waals surface area contributed by atoms with E-state index in [1.807, 2.05) is 18.7 Å². The van der Waals surface area contributed by atoms with Gasteiger partial charge in [-0.25, -0.2) is 0 Å². The Hall–Kier alpha value is -1.71. The smallest absolute Gasteiger partial charge is 0.257 e. The zero-order valence-corrected chi connectivity index (χ0v) is 11.8. The summed E-state index contributed by atoms with van der Waals surface area (Å²) in [5.74, 6) is 1.25. The molecule has 4 nitrogen and oxygen atoms in total. The lowest BCUT2D eigenvalue weighted by atomic mass is 10.1. The fourth-order valence-corrected chi connectivity index (χ4v) is 2.15. The summed E-state index contributed by atoms with van der Waals surface area (Å²) >= 11 is 0. The maximum atomic E-state index is 12.7. The highest BCUT2D eigenvalue weighted by Crippen LogP contribution is 2.32. The third-order valence-corrected chi connectivity index (χ3v) is 3.49. The highest BCUT2D eigenvalue weighted by molar-refractivity contribution is 5.98. The molecule has 4 heteroatoms. The molecule has 1 aromatic carbocycles. The van der Waals surface area contributed by atoms with Gasteiger partial charge in [0, 0.05) is 18.3 Å². The molecule has 1 saturated carbocycles. The predicted octanol–water partition coefficient (Wildman–Crippen LogP) is 2.54. The summed E-state index contributed by atoms with van der Waals surface area (Å²) < 4.78 is 5.27. The first-order valence-corrected chi connectivity index (χ1v) is 6.77. The molecule has 0 aromatic heterocycles. The Bertz CT molecular complexity index is 467. The van der Waals surface area contributed by atoms with Crippen LogP contribution in [-0.2, 0) is 0 Å². The number of methoxy groups -OCH3 is 1. The largest absolute Gasteiger partial charge is 0.496 e. The second-order valence-corrected chi connectivity index (χ2v) is 5.45. The maximum Gasteiger partial charge on any atom is 0.257 e. The van der Waals surface area contributed by atoms with Crippen molar-refractivity contribution in [2.24, 2.45) is 5.92 Å². The van der Waals surface area contributed by atoms with E-state index in [2.05, 4.69) is 0 Å². The van der Waals surface area contributed by atoms with Gasteiger partial charge in [-0.05, 0) is 50.8 Å². The van der Waals surface area contributed by atoms with Gasteiger partial charge >= 0.3 is 0 Å². The zero-order chi connectivity index (χ0) is 14.0. The van der Waals surface area contributed by atoms with Gasteiger partial charge < -0.3 is 15.4 Å². The molecule has 0 saturated heterocycles. The van der Waals surface area contributed by atoms with Crippen LogP contribution in [0.3, 0.4) is 0 Å². The molecule has 0 spiro atoms. The molecule has 2 N–H and O–H groups in total. The molecular weight excluding hydrogens is 240 g/mol.